The molecule has 100 valence electrons. The Hall–Kier alpha value is -2.42. The molecule has 19 heavy (non-hydrogen) atoms. The quantitative estimate of drug-likeness (QED) is 0.472. The van der Waals surface area contributed by atoms with Crippen LogP contribution in [0.5, 0.6) is 0 Å². The van der Waals surface area contributed by atoms with Crippen LogP contribution in [0.2, 0.25) is 0 Å². The van der Waals surface area contributed by atoms with Crippen molar-refractivity contribution in [2.45, 2.75) is 26.8 Å². The van der Waals surface area contributed by atoms with Crippen molar-refractivity contribution in [2.24, 2.45) is 0 Å². The van der Waals surface area contributed by atoms with Crippen LogP contribution in [0.4, 0.5) is 5.69 Å². The van der Waals surface area contributed by atoms with E-state index in [9.17, 15) is 14.9 Å². The summed E-state index contributed by atoms with van der Waals surface area (Å²) in [6.07, 6.45) is 0. The molecule has 0 aliphatic heterocycles. The number of nitrogens with zero attached hydrogens (tertiary/aromatic N) is 3. The lowest BCUT2D eigenvalue weighted by molar-refractivity contribution is -0.384. The van der Waals surface area contributed by atoms with E-state index in [1.165, 1.54) is 23.1 Å². The molecule has 0 heterocycles. The number of rotatable bonds is 4. The SMILES string of the molecule is Cc1ccc([N+](=O)[O-])cc1C(=O)N(CC#N)C(C)C. The molecule has 0 aromatic heterocycles. The highest BCUT2D eigenvalue weighted by atomic mass is 16.6. The van der Waals surface area contributed by atoms with Gasteiger partial charge in [0.15, 0.2) is 0 Å². The minimum atomic E-state index is -0.541. The number of nitro benzene ring substituents is 1. The van der Waals surface area contributed by atoms with E-state index < -0.39 is 4.92 Å². The third-order valence-corrected chi connectivity index (χ3v) is 2.79. The van der Waals surface area contributed by atoms with Crippen molar-refractivity contribution >= 4 is 11.6 Å². The largest absolute Gasteiger partial charge is 0.323 e. The maximum absolute atomic E-state index is 12.3. The average molecular weight is 261 g/mol. The molecule has 0 fully saturated rings. The lowest BCUT2D eigenvalue weighted by atomic mass is 10.1. The molecule has 6 heteroatoms. The highest BCUT2D eigenvalue weighted by molar-refractivity contribution is 5.96. The highest BCUT2D eigenvalue weighted by Gasteiger charge is 2.22. The number of benzene rings is 1. The van der Waals surface area contributed by atoms with Crippen LogP contribution in [0.1, 0.15) is 29.8 Å². The van der Waals surface area contributed by atoms with Gasteiger partial charge >= 0.3 is 0 Å². The molecular formula is C13H15N3O3. The number of aryl methyl sites for hydroxylation is 1. The molecule has 0 saturated carbocycles. The Morgan fingerprint density at radius 1 is 1.53 bits per heavy atom. The molecular weight excluding hydrogens is 246 g/mol. The average Bonchev–Trinajstić information content (AvgIpc) is 2.35. The molecule has 0 unspecified atom stereocenters. The minimum absolute atomic E-state index is 0.0430. The zero-order chi connectivity index (χ0) is 14.6. The van der Waals surface area contributed by atoms with E-state index in [4.69, 9.17) is 5.26 Å². The molecule has 0 N–H and O–H groups in total. The van der Waals surface area contributed by atoms with Gasteiger partial charge in [-0.05, 0) is 26.3 Å². The van der Waals surface area contributed by atoms with Gasteiger partial charge in [-0.3, -0.25) is 14.9 Å². The summed E-state index contributed by atoms with van der Waals surface area (Å²) < 4.78 is 0. The summed E-state index contributed by atoms with van der Waals surface area (Å²) in [4.78, 5) is 23.9. The van der Waals surface area contributed by atoms with E-state index in [-0.39, 0.29) is 29.7 Å². The van der Waals surface area contributed by atoms with Crippen LogP contribution >= 0.6 is 0 Å². The van der Waals surface area contributed by atoms with Crippen molar-refractivity contribution in [1.82, 2.24) is 4.90 Å². The Morgan fingerprint density at radius 3 is 2.63 bits per heavy atom. The fourth-order valence-corrected chi connectivity index (χ4v) is 1.67. The highest BCUT2D eigenvalue weighted by Crippen LogP contribution is 2.19. The van der Waals surface area contributed by atoms with Gasteiger partial charge in [-0.15, -0.1) is 0 Å². The number of carbonyl (C=O) groups excluding carboxylic acids is 1. The van der Waals surface area contributed by atoms with E-state index in [1.54, 1.807) is 20.8 Å². The molecule has 0 saturated heterocycles. The van der Waals surface area contributed by atoms with E-state index >= 15 is 0 Å². The van der Waals surface area contributed by atoms with Gasteiger partial charge in [-0.1, -0.05) is 6.07 Å². The zero-order valence-electron chi connectivity index (χ0n) is 11.1. The predicted octanol–water partition coefficient (Wildman–Crippen LogP) is 2.28. The van der Waals surface area contributed by atoms with Crippen LogP contribution in [0.15, 0.2) is 18.2 Å². The summed E-state index contributed by atoms with van der Waals surface area (Å²) in [5.41, 5.74) is 0.784. The molecule has 0 radical (unpaired) electrons. The Kier molecular flexibility index (Phi) is 4.59. The molecule has 1 rings (SSSR count). The Balaban J connectivity index is 3.21. The smallest absolute Gasteiger partial charge is 0.270 e. The standard InChI is InChI=1S/C13H15N3O3/c1-9(2)15(7-6-14)13(17)12-8-11(16(18)19)5-4-10(12)3/h4-5,8-9H,7H2,1-3H3. The summed E-state index contributed by atoms with van der Waals surface area (Å²) in [5, 5.41) is 19.5. The first-order chi connectivity index (χ1) is 8.88. The van der Waals surface area contributed by atoms with E-state index in [2.05, 4.69) is 0 Å². The first kappa shape index (κ1) is 14.6. The van der Waals surface area contributed by atoms with E-state index in [0.29, 0.717) is 5.56 Å². The third kappa shape index (κ3) is 3.28. The van der Waals surface area contributed by atoms with Gasteiger partial charge in [0.25, 0.3) is 11.6 Å². The normalized spacial score (nSPS) is 10.1. The lowest BCUT2D eigenvalue weighted by Crippen LogP contribution is -2.37. The van der Waals surface area contributed by atoms with Crippen LogP contribution in [-0.4, -0.2) is 28.3 Å². The monoisotopic (exact) mass is 261 g/mol. The number of hydrogen-bond donors (Lipinski definition) is 0. The van der Waals surface area contributed by atoms with Gasteiger partial charge in [0, 0.05) is 23.7 Å². The second kappa shape index (κ2) is 5.96. The molecule has 1 aromatic carbocycles. The van der Waals surface area contributed by atoms with Gasteiger partial charge in [0.2, 0.25) is 0 Å². The molecule has 0 aliphatic carbocycles. The molecule has 0 atom stereocenters. The van der Waals surface area contributed by atoms with Crippen molar-refractivity contribution in [3.63, 3.8) is 0 Å². The third-order valence-electron chi connectivity index (χ3n) is 2.79. The first-order valence-corrected chi connectivity index (χ1v) is 5.81. The van der Waals surface area contributed by atoms with Crippen LogP contribution < -0.4 is 0 Å². The predicted molar refractivity (Wildman–Crippen MR) is 69.6 cm³/mol. The number of amides is 1. The van der Waals surface area contributed by atoms with Crippen LogP contribution in [0.3, 0.4) is 0 Å². The van der Waals surface area contributed by atoms with Crippen LogP contribution in [-0.2, 0) is 0 Å². The van der Waals surface area contributed by atoms with Crippen LogP contribution in [0.25, 0.3) is 0 Å². The van der Waals surface area contributed by atoms with Crippen LogP contribution in [0, 0.1) is 28.4 Å². The van der Waals surface area contributed by atoms with Gasteiger partial charge < -0.3 is 4.90 Å². The molecule has 0 bridgehead atoms. The van der Waals surface area contributed by atoms with Crippen molar-refractivity contribution < 1.29 is 9.72 Å². The summed E-state index contributed by atoms with van der Waals surface area (Å²) in [6.45, 7) is 5.25. The summed E-state index contributed by atoms with van der Waals surface area (Å²) in [5.74, 6) is -0.363. The van der Waals surface area contributed by atoms with Crippen molar-refractivity contribution in [1.29, 1.82) is 5.26 Å². The van der Waals surface area contributed by atoms with Gasteiger partial charge in [0.05, 0.1) is 11.0 Å². The van der Waals surface area contributed by atoms with E-state index in [0.717, 1.165) is 0 Å². The zero-order valence-corrected chi connectivity index (χ0v) is 11.1. The summed E-state index contributed by atoms with van der Waals surface area (Å²) in [6, 6.07) is 5.93. The number of nitro groups is 1. The van der Waals surface area contributed by atoms with Gasteiger partial charge in [-0.25, -0.2) is 0 Å². The van der Waals surface area contributed by atoms with Crippen molar-refractivity contribution in [3.05, 3.63) is 39.4 Å². The molecule has 1 aromatic rings. The van der Waals surface area contributed by atoms with E-state index in [1.807, 2.05) is 6.07 Å². The molecule has 6 nitrogen and oxygen atoms in total. The summed E-state index contributed by atoms with van der Waals surface area (Å²) >= 11 is 0. The van der Waals surface area contributed by atoms with Crippen molar-refractivity contribution in [2.75, 3.05) is 6.54 Å². The van der Waals surface area contributed by atoms with Gasteiger partial charge in [-0.2, -0.15) is 5.26 Å². The maximum Gasteiger partial charge on any atom is 0.270 e. The molecule has 0 aliphatic rings. The Labute approximate surface area is 111 Å². The fourth-order valence-electron chi connectivity index (χ4n) is 1.67. The van der Waals surface area contributed by atoms with Gasteiger partial charge in [0.1, 0.15) is 6.54 Å². The summed E-state index contributed by atoms with van der Waals surface area (Å²) in [7, 11) is 0. The second-order valence-corrected chi connectivity index (χ2v) is 4.44. The number of non-ortho nitro benzene ring substituents is 1. The molecule has 0 spiro atoms. The second-order valence-electron chi connectivity index (χ2n) is 4.44. The fraction of sp³-hybridized carbons (Fsp3) is 0.385. The minimum Gasteiger partial charge on any atom is -0.323 e. The Morgan fingerprint density at radius 2 is 2.16 bits per heavy atom. The lowest BCUT2D eigenvalue weighted by Gasteiger charge is -2.24. The van der Waals surface area contributed by atoms with Crippen molar-refractivity contribution in [3.8, 4) is 6.07 Å². The number of carbonyl (C=O) groups is 1. The number of hydrogen-bond acceptors (Lipinski definition) is 4. The molecule has 1 amide bonds. The maximum atomic E-state index is 12.3. The Bertz CT molecular complexity index is 547. The topological polar surface area (TPSA) is 87.2 Å². The first-order valence-electron chi connectivity index (χ1n) is 5.81. The number of nitriles is 1.